The third-order valence-corrected chi connectivity index (χ3v) is 2.42. The average molecular weight is 241 g/mol. The molecule has 1 heterocycles. The monoisotopic (exact) mass is 241 g/mol. The fraction of sp³-hybridized carbons (Fsp3) is 0.214. The van der Waals surface area contributed by atoms with Crippen molar-refractivity contribution in [1.29, 1.82) is 0 Å². The number of aryl methyl sites for hydroxylation is 2. The van der Waals surface area contributed by atoms with Crippen LogP contribution in [0.4, 0.5) is 5.95 Å². The van der Waals surface area contributed by atoms with E-state index in [2.05, 4.69) is 15.0 Å². The summed E-state index contributed by atoms with van der Waals surface area (Å²) in [5.41, 5.74) is 2.83. The Labute approximate surface area is 106 Å². The Morgan fingerprint density at radius 2 is 1.67 bits per heavy atom. The number of hydrogen-bond donors (Lipinski definition) is 0. The van der Waals surface area contributed by atoms with E-state index in [9.17, 15) is 0 Å². The van der Waals surface area contributed by atoms with Crippen LogP contribution in [-0.2, 0) is 0 Å². The Balaban J connectivity index is 2.18. The quantitative estimate of drug-likeness (QED) is 0.776. The van der Waals surface area contributed by atoms with Gasteiger partial charge in [-0.3, -0.25) is 0 Å². The molecular formula is C14H15N3O. The summed E-state index contributed by atoms with van der Waals surface area (Å²) in [5.74, 6) is 1.32. The van der Waals surface area contributed by atoms with Crippen molar-refractivity contribution in [2.24, 2.45) is 4.99 Å². The largest absolute Gasteiger partial charge is 0.497 e. The van der Waals surface area contributed by atoms with Gasteiger partial charge in [-0.1, -0.05) is 0 Å². The molecule has 0 saturated carbocycles. The van der Waals surface area contributed by atoms with E-state index in [0.29, 0.717) is 5.95 Å². The topological polar surface area (TPSA) is 47.4 Å². The van der Waals surface area contributed by atoms with E-state index in [1.165, 1.54) is 0 Å². The van der Waals surface area contributed by atoms with Gasteiger partial charge in [0, 0.05) is 17.6 Å². The predicted molar refractivity (Wildman–Crippen MR) is 71.8 cm³/mol. The SMILES string of the molecule is COc1ccc(C=Nc2nc(C)cc(C)n2)cc1. The van der Waals surface area contributed by atoms with Crippen molar-refractivity contribution in [3.8, 4) is 5.75 Å². The summed E-state index contributed by atoms with van der Waals surface area (Å²) in [4.78, 5) is 12.8. The number of nitrogens with zero attached hydrogens (tertiary/aromatic N) is 3. The van der Waals surface area contributed by atoms with Gasteiger partial charge in [-0.15, -0.1) is 0 Å². The zero-order valence-corrected chi connectivity index (χ0v) is 10.7. The molecule has 0 N–H and O–H groups in total. The van der Waals surface area contributed by atoms with Crippen molar-refractivity contribution < 1.29 is 4.74 Å². The molecule has 0 saturated heterocycles. The van der Waals surface area contributed by atoms with Crippen molar-refractivity contribution in [1.82, 2.24) is 9.97 Å². The van der Waals surface area contributed by atoms with Crippen LogP contribution in [0.15, 0.2) is 35.3 Å². The van der Waals surface area contributed by atoms with Gasteiger partial charge in [0.2, 0.25) is 5.95 Å². The lowest BCUT2D eigenvalue weighted by Gasteiger charge is -1.99. The molecule has 0 amide bonds. The highest BCUT2D eigenvalue weighted by molar-refractivity contribution is 5.81. The summed E-state index contributed by atoms with van der Waals surface area (Å²) < 4.78 is 5.09. The molecule has 0 unspecified atom stereocenters. The highest BCUT2D eigenvalue weighted by Gasteiger charge is 1.96. The first-order chi connectivity index (χ1) is 8.67. The summed E-state index contributed by atoms with van der Waals surface area (Å²) in [6.45, 7) is 3.86. The van der Waals surface area contributed by atoms with Crippen LogP contribution < -0.4 is 4.74 Å². The second-order valence-electron chi connectivity index (χ2n) is 3.98. The number of ether oxygens (including phenoxy) is 1. The minimum atomic E-state index is 0.489. The van der Waals surface area contributed by atoms with Crippen LogP contribution in [0.3, 0.4) is 0 Å². The Morgan fingerprint density at radius 3 is 2.22 bits per heavy atom. The number of hydrogen-bond acceptors (Lipinski definition) is 4. The van der Waals surface area contributed by atoms with Crippen LogP contribution in [0.1, 0.15) is 17.0 Å². The zero-order valence-electron chi connectivity index (χ0n) is 10.7. The smallest absolute Gasteiger partial charge is 0.249 e. The molecule has 1 aromatic carbocycles. The molecule has 92 valence electrons. The predicted octanol–water partition coefficient (Wildman–Crippen LogP) is 2.85. The third-order valence-electron chi connectivity index (χ3n) is 2.42. The van der Waals surface area contributed by atoms with Crippen molar-refractivity contribution in [2.45, 2.75) is 13.8 Å². The number of rotatable bonds is 3. The van der Waals surface area contributed by atoms with E-state index in [-0.39, 0.29) is 0 Å². The van der Waals surface area contributed by atoms with Gasteiger partial charge >= 0.3 is 0 Å². The summed E-state index contributed by atoms with van der Waals surface area (Å²) in [5, 5.41) is 0. The molecule has 0 spiro atoms. The normalized spacial score (nSPS) is 10.8. The molecule has 0 aliphatic rings. The highest BCUT2D eigenvalue weighted by Crippen LogP contribution is 2.11. The minimum absolute atomic E-state index is 0.489. The molecule has 0 aliphatic carbocycles. The summed E-state index contributed by atoms with van der Waals surface area (Å²) in [7, 11) is 1.65. The molecule has 18 heavy (non-hydrogen) atoms. The molecule has 0 atom stereocenters. The van der Waals surface area contributed by atoms with Crippen molar-refractivity contribution in [3.63, 3.8) is 0 Å². The van der Waals surface area contributed by atoms with E-state index >= 15 is 0 Å². The lowest BCUT2D eigenvalue weighted by Crippen LogP contribution is -1.90. The van der Waals surface area contributed by atoms with Gasteiger partial charge in [-0.25, -0.2) is 15.0 Å². The number of benzene rings is 1. The molecule has 0 aliphatic heterocycles. The second-order valence-corrected chi connectivity index (χ2v) is 3.98. The highest BCUT2D eigenvalue weighted by atomic mass is 16.5. The summed E-state index contributed by atoms with van der Waals surface area (Å²) in [6, 6.07) is 9.58. The molecule has 1 aromatic heterocycles. The molecule has 0 bridgehead atoms. The maximum absolute atomic E-state index is 5.09. The third kappa shape index (κ3) is 3.13. The number of aliphatic imine (C=N–C) groups is 1. The maximum Gasteiger partial charge on any atom is 0.249 e. The first-order valence-electron chi connectivity index (χ1n) is 5.68. The molecule has 4 nitrogen and oxygen atoms in total. The van der Waals surface area contributed by atoms with Crippen LogP contribution in [0.25, 0.3) is 0 Å². The lowest BCUT2D eigenvalue weighted by molar-refractivity contribution is 0.415. The van der Waals surface area contributed by atoms with E-state index in [1.54, 1.807) is 13.3 Å². The summed E-state index contributed by atoms with van der Waals surface area (Å²) in [6.07, 6.45) is 1.74. The average Bonchev–Trinajstić information content (AvgIpc) is 2.36. The van der Waals surface area contributed by atoms with E-state index in [0.717, 1.165) is 22.7 Å². The van der Waals surface area contributed by atoms with Crippen LogP contribution in [0.5, 0.6) is 5.75 Å². The lowest BCUT2D eigenvalue weighted by atomic mass is 10.2. The minimum Gasteiger partial charge on any atom is -0.497 e. The fourth-order valence-electron chi connectivity index (χ4n) is 1.59. The zero-order chi connectivity index (χ0) is 13.0. The maximum atomic E-state index is 5.09. The molecule has 4 heteroatoms. The standard InChI is InChI=1S/C14H15N3O/c1-10-8-11(2)17-14(16-10)15-9-12-4-6-13(18-3)7-5-12/h4-9H,1-3H3. The van der Waals surface area contributed by atoms with Crippen molar-refractivity contribution in [3.05, 3.63) is 47.3 Å². The van der Waals surface area contributed by atoms with E-state index < -0.39 is 0 Å². The van der Waals surface area contributed by atoms with Gasteiger partial charge in [-0.05, 0) is 49.7 Å². The van der Waals surface area contributed by atoms with Crippen LogP contribution in [0, 0.1) is 13.8 Å². The van der Waals surface area contributed by atoms with Gasteiger partial charge < -0.3 is 4.74 Å². The first-order valence-corrected chi connectivity index (χ1v) is 5.68. The molecule has 2 aromatic rings. The number of methoxy groups -OCH3 is 1. The Bertz CT molecular complexity index is 542. The van der Waals surface area contributed by atoms with E-state index in [1.807, 2.05) is 44.2 Å². The van der Waals surface area contributed by atoms with Gasteiger partial charge in [0.05, 0.1) is 7.11 Å². The van der Waals surface area contributed by atoms with Gasteiger partial charge in [0.1, 0.15) is 5.75 Å². The van der Waals surface area contributed by atoms with Crippen LogP contribution >= 0.6 is 0 Å². The molecular weight excluding hydrogens is 226 g/mol. The van der Waals surface area contributed by atoms with Gasteiger partial charge in [0.15, 0.2) is 0 Å². The van der Waals surface area contributed by atoms with Gasteiger partial charge in [0.25, 0.3) is 0 Å². The number of aromatic nitrogens is 2. The van der Waals surface area contributed by atoms with Crippen molar-refractivity contribution >= 4 is 12.2 Å². The Hall–Kier alpha value is -2.23. The van der Waals surface area contributed by atoms with Crippen LogP contribution in [0.2, 0.25) is 0 Å². The van der Waals surface area contributed by atoms with Gasteiger partial charge in [-0.2, -0.15) is 0 Å². The second kappa shape index (κ2) is 5.40. The van der Waals surface area contributed by atoms with E-state index in [4.69, 9.17) is 4.74 Å². The molecule has 0 fully saturated rings. The molecule has 0 radical (unpaired) electrons. The summed E-state index contributed by atoms with van der Waals surface area (Å²) >= 11 is 0. The van der Waals surface area contributed by atoms with Crippen LogP contribution in [-0.4, -0.2) is 23.3 Å². The Morgan fingerprint density at radius 1 is 1.06 bits per heavy atom. The van der Waals surface area contributed by atoms with Crippen molar-refractivity contribution in [2.75, 3.05) is 7.11 Å². The first kappa shape index (κ1) is 12.2. The fourth-order valence-corrected chi connectivity index (χ4v) is 1.59. The Kier molecular flexibility index (Phi) is 3.67. The molecule has 2 rings (SSSR count).